The largest absolute Gasteiger partial charge is 0.493 e. The van der Waals surface area contributed by atoms with E-state index in [2.05, 4.69) is 20.7 Å². The highest BCUT2D eigenvalue weighted by atomic mass is 35.5. The Kier molecular flexibility index (Phi) is 5.73. The van der Waals surface area contributed by atoms with Gasteiger partial charge in [0.2, 0.25) is 0 Å². The fraction of sp³-hybridized carbons (Fsp3) is 0.105. The predicted octanol–water partition coefficient (Wildman–Crippen LogP) is 3.51. The molecule has 2 aromatic carbocycles. The zero-order chi connectivity index (χ0) is 19.2. The van der Waals surface area contributed by atoms with Crippen molar-refractivity contribution in [3.8, 4) is 22.8 Å². The van der Waals surface area contributed by atoms with Gasteiger partial charge in [0.25, 0.3) is 5.91 Å². The minimum Gasteiger partial charge on any atom is -0.493 e. The van der Waals surface area contributed by atoms with Crippen molar-refractivity contribution in [1.29, 1.82) is 0 Å². The summed E-state index contributed by atoms with van der Waals surface area (Å²) in [5.41, 5.74) is 4.99. The maximum atomic E-state index is 12.2. The molecule has 0 bridgehead atoms. The highest BCUT2D eigenvalue weighted by molar-refractivity contribution is 6.30. The van der Waals surface area contributed by atoms with Crippen LogP contribution < -0.4 is 14.9 Å². The molecule has 0 unspecified atom stereocenters. The van der Waals surface area contributed by atoms with Gasteiger partial charge in [-0.15, -0.1) is 0 Å². The zero-order valence-corrected chi connectivity index (χ0v) is 15.4. The van der Waals surface area contributed by atoms with E-state index in [1.54, 1.807) is 50.6 Å². The van der Waals surface area contributed by atoms with Crippen LogP contribution in [-0.4, -0.2) is 36.5 Å². The number of nitrogens with one attached hydrogen (secondary N) is 2. The number of methoxy groups -OCH3 is 2. The molecule has 1 aromatic heterocycles. The van der Waals surface area contributed by atoms with Crippen LogP contribution in [0.15, 0.2) is 53.6 Å². The Hall–Kier alpha value is -3.32. The lowest BCUT2D eigenvalue weighted by molar-refractivity contribution is 0.0950. The maximum Gasteiger partial charge on any atom is 0.289 e. The number of rotatable bonds is 6. The number of carbonyl (C=O) groups is 1. The summed E-state index contributed by atoms with van der Waals surface area (Å²) in [4.78, 5) is 12.2. The molecular weight excluding hydrogens is 368 g/mol. The van der Waals surface area contributed by atoms with Crippen molar-refractivity contribution in [1.82, 2.24) is 15.6 Å². The third kappa shape index (κ3) is 4.45. The number of carbonyl (C=O) groups excluding carboxylic acids is 1. The van der Waals surface area contributed by atoms with Gasteiger partial charge in [0, 0.05) is 10.6 Å². The standard InChI is InChI=1S/C19H17ClN4O3/c1-26-17-8-3-12(9-18(17)27-2)11-21-24-19(25)16-10-15(22-23-16)13-4-6-14(20)7-5-13/h3-11H,1-2H3,(H,22,23)(H,24,25)/b21-11-. The van der Waals surface area contributed by atoms with E-state index in [1.165, 1.54) is 6.21 Å². The third-order valence-corrected chi connectivity index (χ3v) is 4.00. The van der Waals surface area contributed by atoms with Crippen molar-refractivity contribution in [2.75, 3.05) is 14.2 Å². The molecule has 3 aromatic rings. The third-order valence-electron chi connectivity index (χ3n) is 3.75. The summed E-state index contributed by atoms with van der Waals surface area (Å²) < 4.78 is 10.4. The Balaban J connectivity index is 1.66. The van der Waals surface area contributed by atoms with Gasteiger partial charge in [-0.25, -0.2) is 5.43 Å². The Morgan fingerprint density at radius 1 is 1.11 bits per heavy atom. The van der Waals surface area contributed by atoms with E-state index in [-0.39, 0.29) is 0 Å². The molecule has 0 aliphatic carbocycles. The summed E-state index contributed by atoms with van der Waals surface area (Å²) in [7, 11) is 3.12. The van der Waals surface area contributed by atoms with Gasteiger partial charge in [0.15, 0.2) is 11.5 Å². The van der Waals surface area contributed by atoms with E-state index < -0.39 is 5.91 Å². The molecule has 0 spiro atoms. The van der Waals surface area contributed by atoms with Gasteiger partial charge in [0.1, 0.15) is 5.69 Å². The molecular formula is C19H17ClN4O3. The van der Waals surface area contributed by atoms with E-state index >= 15 is 0 Å². The van der Waals surface area contributed by atoms with Crippen molar-refractivity contribution in [3.05, 3.63) is 64.8 Å². The highest BCUT2D eigenvalue weighted by Gasteiger charge is 2.10. The molecule has 3 rings (SSSR count). The normalized spacial score (nSPS) is 10.8. The summed E-state index contributed by atoms with van der Waals surface area (Å²) in [6.07, 6.45) is 1.51. The van der Waals surface area contributed by atoms with Crippen LogP contribution in [-0.2, 0) is 0 Å². The van der Waals surface area contributed by atoms with Crippen LogP contribution in [0.5, 0.6) is 11.5 Å². The average Bonchev–Trinajstić information content (AvgIpc) is 3.18. The van der Waals surface area contributed by atoms with Gasteiger partial charge in [-0.2, -0.15) is 10.2 Å². The number of hydrogen-bond acceptors (Lipinski definition) is 5. The number of H-pyrrole nitrogens is 1. The van der Waals surface area contributed by atoms with E-state index in [9.17, 15) is 4.79 Å². The zero-order valence-electron chi connectivity index (χ0n) is 14.7. The summed E-state index contributed by atoms with van der Waals surface area (Å²) in [5.74, 6) is 0.791. The molecule has 0 atom stereocenters. The van der Waals surface area contributed by atoms with E-state index in [0.717, 1.165) is 11.1 Å². The van der Waals surface area contributed by atoms with Crippen LogP contribution >= 0.6 is 11.6 Å². The number of nitrogens with zero attached hydrogens (tertiary/aromatic N) is 2. The Labute approximate surface area is 161 Å². The highest BCUT2D eigenvalue weighted by Crippen LogP contribution is 2.26. The fourth-order valence-electron chi connectivity index (χ4n) is 2.37. The van der Waals surface area contributed by atoms with Crippen molar-refractivity contribution < 1.29 is 14.3 Å². The van der Waals surface area contributed by atoms with Gasteiger partial charge in [-0.05, 0) is 42.0 Å². The molecule has 1 heterocycles. The van der Waals surface area contributed by atoms with Crippen LogP contribution in [0, 0.1) is 0 Å². The van der Waals surface area contributed by atoms with Crippen LogP contribution in [0.4, 0.5) is 0 Å². The number of hydrazone groups is 1. The topological polar surface area (TPSA) is 88.6 Å². The fourth-order valence-corrected chi connectivity index (χ4v) is 2.49. The molecule has 7 nitrogen and oxygen atoms in total. The van der Waals surface area contributed by atoms with Crippen LogP contribution in [0.1, 0.15) is 16.1 Å². The van der Waals surface area contributed by atoms with Gasteiger partial charge in [-0.1, -0.05) is 23.7 Å². The van der Waals surface area contributed by atoms with Crippen molar-refractivity contribution >= 4 is 23.7 Å². The lowest BCUT2D eigenvalue weighted by atomic mass is 10.1. The molecule has 0 radical (unpaired) electrons. The summed E-state index contributed by atoms with van der Waals surface area (Å²) in [5, 5.41) is 11.4. The Morgan fingerprint density at radius 3 is 2.56 bits per heavy atom. The monoisotopic (exact) mass is 384 g/mol. The molecule has 138 valence electrons. The van der Waals surface area contributed by atoms with E-state index in [1.807, 2.05) is 12.1 Å². The Bertz CT molecular complexity index is 967. The van der Waals surface area contributed by atoms with E-state index in [4.69, 9.17) is 21.1 Å². The number of amides is 1. The first-order valence-electron chi connectivity index (χ1n) is 7.97. The van der Waals surface area contributed by atoms with E-state index in [0.29, 0.717) is 27.9 Å². The van der Waals surface area contributed by atoms with Crippen LogP contribution in [0.2, 0.25) is 5.02 Å². The smallest absolute Gasteiger partial charge is 0.289 e. The molecule has 0 fully saturated rings. The van der Waals surface area contributed by atoms with Gasteiger partial charge in [-0.3, -0.25) is 9.89 Å². The second kappa shape index (κ2) is 8.37. The molecule has 0 saturated heterocycles. The quantitative estimate of drug-likeness (QED) is 0.502. The number of aromatic amines is 1. The maximum absolute atomic E-state index is 12.2. The van der Waals surface area contributed by atoms with Gasteiger partial charge < -0.3 is 9.47 Å². The number of ether oxygens (including phenoxy) is 2. The molecule has 27 heavy (non-hydrogen) atoms. The van der Waals surface area contributed by atoms with Crippen molar-refractivity contribution in [3.63, 3.8) is 0 Å². The van der Waals surface area contributed by atoms with Crippen molar-refractivity contribution in [2.24, 2.45) is 5.10 Å². The summed E-state index contributed by atoms with van der Waals surface area (Å²) in [6.45, 7) is 0. The first-order valence-corrected chi connectivity index (χ1v) is 8.35. The number of benzene rings is 2. The Morgan fingerprint density at radius 2 is 1.85 bits per heavy atom. The second-order valence-electron chi connectivity index (χ2n) is 5.49. The molecule has 2 N–H and O–H groups in total. The number of aromatic nitrogens is 2. The average molecular weight is 385 g/mol. The SMILES string of the molecule is COc1ccc(/C=N\NC(=O)c2cc(-c3ccc(Cl)cc3)n[nH]2)cc1OC. The van der Waals surface area contributed by atoms with Crippen LogP contribution in [0.3, 0.4) is 0 Å². The van der Waals surface area contributed by atoms with Gasteiger partial charge in [0.05, 0.1) is 26.1 Å². The number of halogens is 1. The molecule has 0 saturated carbocycles. The van der Waals surface area contributed by atoms with Crippen molar-refractivity contribution in [2.45, 2.75) is 0 Å². The molecule has 1 amide bonds. The molecule has 0 aliphatic rings. The lowest BCUT2D eigenvalue weighted by Crippen LogP contribution is -2.18. The van der Waals surface area contributed by atoms with Gasteiger partial charge >= 0.3 is 0 Å². The lowest BCUT2D eigenvalue weighted by Gasteiger charge is -2.07. The molecule has 8 heteroatoms. The second-order valence-corrected chi connectivity index (χ2v) is 5.92. The summed E-state index contributed by atoms with van der Waals surface area (Å²) in [6, 6.07) is 14.1. The number of hydrogen-bond donors (Lipinski definition) is 2. The minimum absolute atomic E-state index is 0.296. The summed E-state index contributed by atoms with van der Waals surface area (Å²) >= 11 is 5.88. The predicted molar refractivity (Wildman–Crippen MR) is 104 cm³/mol. The minimum atomic E-state index is -0.403. The molecule has 0 aliphatic heterocycles. The first-order chi connectivity index (χ1) is 13.1. The van der Waals surface area contributed by atoms with Crippen LogP contribution in [0.25, 0.3) is 11.3 Å². The first kappa shape index (κ1) is 18.5.